The van der Waals surface area contributed by atoms with E-state index in [0.717, 1.165) is 35.1 Å². The van der Waals surface area contributed by atoms with E-state index >= 15 is 0 Å². The number of allylic oxidation sites excluding steroid dienone is 13. The highest BCUT2D eigenvalue weighted by Crippen LogP contribution is 2.41. The van der Waals surface area contributed by atoms with Crippen molar-refractivity contribution in [2.45, 2.75) is 95.9 Å². The third-order valence-electron chi connectivity index (χ3n) is 9.58. The summed E-state index contributed by atoms with van der Waals surface area (Å²) in [4.78, 5) is 0. The van der Waals surface area contributed by atoms with Crippen molar-refractivity contribution < 1.29 is 0 Å². The molecule has 0 saturated carbocycles. The van der Waals surface area contributed by atoms with E-state index in [-0.39, 0.29) is 0 Å². The Morgan fingerprint density at radius 1 is 0.673 bits per heavy atom. The molecule has 0 bridgehead atoms. The first-order valence-electron chi connectivity index (χ1n) is 19.3. The number of hydrogen-bond acceptors (Lipinski definition) is 0. The summed E-state index contributed by atoms with van der Waals surface area (Å²) in [5.74, 6) is 0. The lowest BCUT2D eigenvalue weighted by atomic mass is 9.83. The normalized spacial score (nSPS) is 13.3. The van der Waals surface area contributed by atoms with Gasteiger partial charge in [-0.05, 0) is 160 Å². The molecule has 0 fully saturated rings. The van der Waals surface area contributed by atoms with Gasteiger partial charge in [-0.25, -0.2) is 0 Å². The van der Waals surface area contributed by atoms with Gasteiger partial charge >= 0.3 is 0 Å². The predicted molar refractivity (Wildman–Crippen MR) is 241 cm³/mol. The van der Waals surface area contributed by atoms with Gasteiger partial charge in [0.05, 0.1) is 0 Å². The molecular weight excluding hydrogens is 625 g/mol. The second kappa shape index (κ2) is 20.8. The van der Waals surface area contributed by atoms with Gasteiger partial charge in [0.2, 0.25) is 0 Å². The molecule has 0 atom stereocenters. The van der Waals surface area contributed by atoms with E-state index in [0.29, 0.717) is 0 Å². The van der Waals surface area contributed by atoms with Crippen molar-refractivity contribution in [3.05, 3.63) is 173 Å². The van der Waals surface area contributed by atoms with Crippen molar-refractivity contribution >= 4 is 38.8 Å². The smallest absolute Gasteiger partial charge is 0.00242 e. The van der Waals surface area contributed by atoms with Crippen molar-refractivity contribution in [1.82, 2.24) is 0 Å². The average molecular weight is 689 g/mol. The molecule has 0 aliphatic heterocycles. The van der Waals surface area contributed by atoms with E-state index in [4.69, 9.17) is 0 Å². The van der Waals surface area contributed by atoms with Crippen LogP contribution in [-0.4, -0.2) is 0 Å². The van der Waals surface area contributed by atoms with Gasteiger partial charge in [-0.15, -0.1) is 0 Å². The van der Waals surface area contributed by atoms with Crippen LogP contribution in [-0.2, 0) is 6.42 Å². The monoisotopic (exact) mass is 689 g/mol. The minimum Gasteiger partial charge on any atom is -0.0985 e. The molecule has 0 unspecified atom stereocenters. The highest BCUT2D eigenvalue weighted by atomic mass is 14.2. The number of benzene rings is 4. The van der Waals surface area contributed by atoms with E-state index in [1.165, 1.54) is 77.2 Å². The van der Waals surface area contributed by atoms with Crippen LogP contribution in [0.4, 0.5) is 0 Å². The average Bonchev–Trinajstić information content (AvgIpc) is 3.20. The van der Waals surface area contributed by atoms with Crippen LogP contribution < -0.4 is 0 Å². The number of rotatable bonds is 9. The summed E-state index contributed by atoms with van der Waals surface area (Å²) in [7, 11) is 0. The van der Waals surface area contributed by atoms with Crippen LogP contribution in [0, 0.1) is 0 Å². The second-order valence-corrected chi connectivity index (χ2v) is 12.3. The molecule has 4 aromatic rings. The summed E-state index contributed by atoms with van der Waals surface area (Å²) >= 11 is 0. The maximum atomic E-state index is 4.35. The van der Waals surface area contributed by atoms with Gasteiger partial charge in [0.1, 0.15) is 0 Å². The van der Waals surface area contributed by atoms with E-state index < -0.39 is 0 Å². The number of aryl methyl sites for hydroxylation is 1. The summed E-state index contributed by atoms with van der Waals surface area (Å²) in [5, 5.41) is 4.93. The molecular formula is C52H64. The summed E-state index contributed by atoms with van der Waals surface area (Å²) in [5.41, 5.74) is 16.9. The lowest BCUT2D eigenvalue weighted by Gasteiger charge is -2.21. The zero-order chi connectivity index (χ0) is 39.1. The fourth-order valence-corrected chi connectivity index (χ4v) is 7.07. The van der Waals surface area contributed by atoms with Gasteiger partial charge in [-0.2, -0.15) is 0 Å². The van der Waals surface area contributed by atoms with E-state index in [1.807, 2.05) is 59.8 Å². The first-order valence-corrected chi connectivity index (χ1v) is 19.3. The molecule has 0 heterocycles. The van der Waals surface area contributed by atoms with Crippen LogP contribution in [0.5, 0.6) is 0 Å². The molecule has 1 aliphatic carbocycles. The Balaban J connectivity index is 0.00000148. The number of fused-ring (bicyclic) bond motifs is 4. The van der Waals surface area contributed by atoms with Gasteiger partial charge in [0.25, 0.3) is 0 Å². The van der Waals surface area contributed by atoms with Gasteiger partial charge in [0, 0.05) is 0 Å². The third kappa shape index (κ3) is 8.91. The SMILES string of the molecule is C=CC1=CCCc2ccc3c(-c4ccc5cc(/C(C=C)=C(C)/C(C(/C)=C\C)=C(C(=C)C)\C(C)=C/C)ccc5c4)ccc(C=C)c3c21.CC.CC.CC. The van der Waals surface area contributed by atoms with Crippen molar-refractivity contribution in [2.75, 3.05) is 0 Å². The molecule has 52 heavy (non-hydrogen) atoms. The molecule has 0 nitrogen and oxygen atoms in total. The van der Waals surface area contributed by atoms with Gasteiger partial charge in [-0.1, -0.05) is 158 Å². The third-order valence-corrected chi connectivity index (χ3v) is 9.58. The molecule has 0 heteroatoms. The van der Waals surface area contributed by atoms with Crippen LogP contribution in [0.2, 0.25) is 0 Å². The minimum atomic E-state index is 1.05. The second-order valence-electron chi connectivity index (χ2n) is 12.3. The Hall–Kier alpha value is -4.94. The number of hydrogen-bond donors (Lipinski definition) is 0. The molecule has 5 rings (SSSR count). The molecule has 0 saturated heterocycles. The fraction of sp³-hybridized carbons (Fsp3) is 0.269. The van der Waals surface area contributed by atoms with Crippen LogP contribution in [0.1, 0.15) is 112 Å². The Bertz CT molecular complexity index is 2090. The van der Waals surface area contributed by atoms with Crippen molar-refractivity contribution in [3.63, 3.8) is 0 Å². The van der Waals surface area contributed by atoms with Crippen LogP contribution in [0.25, 0.3) is 49.9 Å². The van der Waals surface area contributed by atoms with Gasteiger partial charge in [0.15, 0.2) is 0 Å². The summed E-state index contributed by atoms with van der Waals surface area (Å²) in [6, 6.07) is 22.7. The Morgan fingerprint density at radius 3 is 1.87 bits per heavy atom. The lowest BCUT2D eigenvalue weighted by Crippen LogP contribution is -2.01. The summed E-state index contributed by atoms with van der Waals surface area (Å²) in [6.07, 6.45) is 14.7. The van der Waals surface area contributed by atoms with E-state index in [2.05, 4.69) is 147 Å². The lowest BCUT2D eigenvalue weighted by molar-refractivity contribution is 0.984. The zero-order valence-electron chi connectivity index (χ0n) is 34.5. The highest BCUT2D eigenvalue weighted by molar-refractivity contribution is 6.09. The Labute approximate surface area is 317 Å². The van der Waals surface area contributed by atoms with Crippen molar-refractivity contribution in [3.8, 4) is 11.1 Å². The Kier molecular flexibility index (Phi) is 17.3. The first kappa shape index (κ1) is 43.2. The molecule has 0 amide bonds. The molecule has 4 aromatic carbocycles. The molecule has 272 valence electrons. The molecule has 1 aliphatic rings. The van der Waals surface area contributed by atoms with Crippen molar-refractivity contribution in [2.24, 2.45) is 0 Å². The van der Waals surface area contributed by atoms with E-state index in [1.54, 1.807) is 0 Å². The summed E-state index contributed by atoms with van der Waals surface area (Å²) in [6.45, 7) is 41.7. The largest absolute Gasteiger partial charge is 0.0985 e. The topological polar surface area (TPSA) is 0 Å². The van der Waals surface area contributed by atoms with Gasteiger partial charge in [-0.3, -0.25) is 0 Å². The molecule has 0 N–H and O–H groups in total. The Morgan fingerprint density at radius 2 is 1.29 bits per heavy atom. The highest BCUT2D eigenvalue weighted by Gasteiger charge is 2.19. The fourth-order valence-electron chi connectivity index (χ4n) is 7.07. The minimum absolute atomic E-state index is 1.05. The maximum Gasteiger partial charge on any atom is -0.00242 e. The van der Waals surface area contributed by atoms with Gasteiger partial charge < -0.3 is 0 Å². The predicted octanol–water partition coefficient (Wildman–Crippen LogP) is 16.7. The van der Waals surface area contributed by atoms with E-state index in [9.17, 15) is 0 Å². The van der Waals surface area contributed by atoms with Crippen molar-refractivity contribution in [1.29, 1.82) is 0 Å². The maximum absolute atomic E-state index is 4.35. The summed E-state index contributed by atoms with van der Waals surface area (Å²) < 4.78 is 0. The van der Waals surface area contributed by atoms with Crippen LogP contribution >= 0.6 is 0 Å². The standard InChI is InChI=1S/C46H46.3C2H6/c1-11-30(8)43(29(6)7)44(31(9)12-2)32(10)40(15-5)38-21-19-37-28-39(22-20-36(37)27-38)41-25-23-34(14-4)46-42(41)26-24-35-18-16-17-33(13-3)45(35)46;3*1-2/h11-15,17,19-28H,3-6,16,18H2,1-2,7-10H3;3*1-2H3/b30-11-,31-12-,40-32+,44-43-;;;. The molecule has 0 spiro atoms. The molecule has 0 radical (unpaired) electrons. The van der Waals surface area contributed by atoms with Crippen LogP contribution in [0.3, 0.4) is 0 Å². The quantitative estimate of drug-likeness (QED) is 0.154. The first-order chi connectivity index (χ1) is 25.2. The molecule has 0 aromatic heterocycles. The zero-order valence-corrected chi connectivity index (χ0v) is 34.5. The van der Waals surface area contributed by atoms with Crippen LogP contribution in [0.15, 0.2) is 151 Å².